The standard InChI is InChI=1S/C63H121NO3/c1-3-5-7-9-11-13-15-17-19-21-23-25-27-29-31-33-34-36-38-40-42-44-46-48-50-52-54-56-58-62(66)61(60-65)64-63(67)59-57-55-53-51-49-47-45-43-41-39-37-35-32-30-28-26-24-22-20-18-16-14-12-10-8-6-4-2/h40,42,48,50,56,58,61-62,65-66H,3-39,41,43-47,49,51-55,57,59-60H2,1-2H3,(H,64,67)/b42-40+,50-48+,58-56+. The van der Waals surface area contributed by atoms with Gasteiger partial charge in [-0.15, -0.1) is 0 Å². The summed E-state index contributed by atoms with van der Waals surface area (Å²) in [5.41, 5.74) is 0. The van der Waals surface area contributed by atoms with Crippen LogP contribution in [0.2, 0.25) is 0 Å². The number of aliphatic hydroxyl groups is 2. The summed E-state index contributed by atoms with van der Waals surface area (Å²) in [6.45, 7) is 4.34. The fourth-order valence-corrected chi connectivity index (χ4v) is 9.69. The van der Waals surface area contributed by atoms with Crippen LogP contribution >= 0.6 is 0 Å². The molecule has 0 aliphatic heterocycles. The number of rotatable bonds is 57. The van der Waals surface area contributed by atoms with E-state index in [2.05, 4.69) is 43.5 Å². The zero-order chi connectivity index (χ0) is 48.5. The Hall–Kier alpha value is -1.39. The lowest BCUT2D eigenvalue weighted by atomic mass is 10.0. The Morgan fingerprint density at radius 2 is 0.582 bits per heavy atom. The summed E-state index contributed by atoms with van der Waals surface area (Å²) in [5.74, 6) is -0.0709. The van der Waals surface area contributed by atoms with Crippen molar-refractivity contribution < 1.29 is 15.0 Å². The molecule has 1 amide bonds. The third-order valence-corrected chi connectivity index (χ3v) is 14.4. The van der Waals surface area contributed by atoms with Crippen molar-refractivity contribution in [2.75, 3.05) is 6.61 Å². The zero-order valence-electron chi connectivity index (χ0n) is 45.7. The molecule has 396 valence electrons. The van der Waals surface area contributed by atoms with Crippen LogP contribution in [0.3, 0.4) is 0 Å². The Bertz CT molecular complexity index is 1020. The minimum atomic E-state index is -0.870. The maximum absolute atomic E-state index is 12.5. The van der Waals surface area contributed by atoms with Crippen LogP contribution in [0.4, 0.5) is 0 Å². The Balaban J connectivity index is 3.50. The number of allylic oxidation sites excluding steroid dienone is 5. The highest BCUT2D eigenvalue weighted by Crippen LogP contribution is 2.18. The number of nitrogens with one attached hydrogen (secondary N) is 1. The number of carbonyl (C=O) groups is 1. The van der Waals surface area contributed by atoms with Gasteiger partial charge < -0.3 is 15.5 Å². The van der Waals surface area contributed by atoms with Crippen LogP contribution in [-0.4, -0.2) is 34.9 Å². The molecule has 2 atom stereocenters. The molecule has 0 aliphatic carbocycles. The van der Waals surface area contributed by atoms with E-state index in [1.165, 1.54) is 283 Å². The lowest BCUT2D eigenvalue weighted by Gasteiger charge is -2.19. The summed E-state index contributed by atoms with van der Waals surface area (Å²) >= 11 is 0. The van der Waals surface area contributed by atoms with Crippen molar-refractivity contribution in [3.05, 3.63) is 36.5 Å². The fourth-order valence-electron chi connectivity index (χ4n) is 9.69. The van der Waals surface area contributed by atoms with E-state index in [4.69, 9.17) is 0 Å². The first-order valence-electron chi connectivity index (χ1n) is 30.7. The Morgan fingerprint density at radius 3 is 0.866 bits per heavy atom. The van der Waals surface area contributed by atoms with E-state index in [0.29, 0.717) is 6.42 Å². The molecular weight excluding hydrogens is 819 g/mol. The number of hydrogen-bond acceptors (Lipinski definition) is 3. The van der Waals surface area contributed by atoms with Gasteiger partial charge in [-0.1, -0.05) is 326 Å². The van der Waals surface area contributed by atoms with Gasteiger partial charge >= 0.3 is 0 Å². The zero-order valence-corrected chi connectivity index (χ0v) is 45.7. The number of aliphatic hydroxyl groups excluding tert-OH is 2. The molecule has 0 fully saturated rings. The van der Waals surface area contributed by atoms with Crippen molar-refractivity contribution in [3.8, 4) is 0 Å². The molecule has 67 heavy (non-hydrogen) atoms. The van der Waals surface area contributed by atoms with Crippen molar-refractivity contribution in [2.24, 2.45) is 0 Å². The van der Waals surface area contributed by atoms with Crippen molar-refractivity contribution in [1.29, 1.82) is 0 Å². The van der Waals surface area contributed by atoms with E-state index < -0.39 is 12.1 Å². The minimum absolute atomic E-state index is 0.0709. The van der Waals surface area contributed by atoms with E-state index in [1.807, 2.05) is 6.08 Å². The number of hydrogen-bond donors (Lipinski definition) is 3. The molecule has 4 heteroatoms. The molecule has 0 saturated heterocycles. The Labute approximate surface area is 421 Å². The minimum Gasteiger partial charge on any atom is -0.394 e. The summed E-state index contributed by atoms with van der Waals surface area (Å²) in [6.07, 6.45) is 80.5. The van der Waals surface area contributed by atoms with Crippen molar-refractivity contribution >= 4 is 5.91 Å². The molecule has 0 radical (unpaired) electrons. The lowest BCUT2D eigenvalue weighted by molar-refractivity contribution is -0.123. The summed E-state index contributed by atoms with van der Waals surface area (Å²) in [6, 6.07) is -0.645. The van der Waals surface area contributed by atoms with Gasteiger partial charge in [0.1, 0.15) is 0 Å². The van der Waals surface area contributed by atoms with Crippen LogP contribution < -0.4 is 5.32 Å². The van der Waals surface area contributed by atoms with E-state index in [1.54, 1.807) is 6.08 Å². The molecule has 0 aromatic carbocycles. The van der Waals surface area contributed by atoms with Crippen LogP contribution in [0.25, 0.3) is 0 Å². The van der Waals surface area contributed by atoms with Crippen molar-refractivity contribution in [2.45, 2.75) is 353 Å². The van der Waals surface area contributed by atoms with Gasteiger partial charge in [-0.3, -0.25) is 4.79 Å². The number of amides is 1. The van der Waals surface area contributed by atoms with E-state index in [-0.39, 0.29) is 12.5 Å². The summed E-state index contributed by atoms with van der Waals surface area (Å²) in [4.78, 5) is 12.5. The molecule has 0 heterocycles. The van der Waals surface area contributed by atoms with Crippen LogP contribution in [0.1, 0.15) is 341 Å². The van der Waals surface area contributed by atoms with Crippen LogP contribution in [-0.2, 0) is 4.79 Å². The third-order valence-electron chi connectivity index (χ3n) is 14.4. The SMILES string of the molecule is CCCCCCCCCCCCCCCCCCCC/C=C/CC/C=C/CC/C=C/C(O)C(CO)NC(=O)CCCCCCCCCCCCCCCCCCCCCCCCCCCCC. The second-order valence-electron chi connectivity index (χ2n) is 21.1. The highest BCUT2D eigenvalue weighted by molar-refractivity contribution is 5.76. The van der Waals surface area contributed by atoms with Gasteiger partial charge in [-0.2, -0.15) is 0 Å². The summed E-state index contributed by atoms with van der Waals surface area (Å²) < 4.78 is 0. The normalized spacial score (nSPS) is 13.0. The van der Waals surface area contributed by atoms with Gasteiger partial charge in [0.2, 0.25) is 5.91 Å². The molecule has 0 aliphatic rings. The van der Waals surface area contributed by atoms with Crippen LogP contribution in [0.15, 0.2) is 36.5 Å². The maximum atomic E-state index is 12.5. The predicted molar refractivity (Wildman–Crippen MR) is 299 cm³/mol. The topological polar surface area (TPSA) is 69.6 Å². The number of carbonyl (C=O) groups excluding carboxylic acids is 1. The molecule has 3 N–H and O–H groups in total. The van der Waals surface area contributed by atoms with Gasteiger partial charge in [0.05, 0.1) is 18.8 Å². The largest absolute Gasteiger partial charge is 0.394 e. The molecule has 4 nitrogen and oxygen atoms in total. The first kappa shape index (κ1) is 65.6. The maximum Gasteiger partial charge on any atom is 0.220 e. The number of unbranched alkanes of at least 4 members (excludes halogenated alkanes) is 46. The molecule has 0 bridgehead atoms. The second kappa shape index (κ2) is 58.9. The summed E-state index contributed by atoms with van der Waals surface area (Å²) in [7, 11) is 0. The van der Waals surface area contributed by atoms with E-state index in [9.17, 15) is 15.0 Å². The van der Waals surface area contributed by atoms with Gasteiger partial charge in [-0.25, -0.2) is 0 Å². The average molecular weight is 941 g/mol. The van der Waals surface area contributed by atoms with E-state index in [0.717, 1.165) is 38.5 Å². The van der Waals surface area contributed by atoms with Gasteiger partial charge in [0.25, 0.3) is 0 Å². The fraction of sp³-hybridized carbons (Fsp3) is 0.889. The van der Waals surface area contributed by atoms with Gasteiger partial charge in [-0.05, 0) is 44.9 Å². The van der Waals surface area contributed by atoms with Gasteiger partial charge in [0, 0.05) is 6.42 Å². The van der Waals surface area contributed by atoms with Crippen LogP contribution in [0, 0.1) is 0 Å². The van der Waals surface area contributed by atoms with E-state index >= 15 is 0 Å². The predicted octanol–water partition coefficient (Wildman–Crippen LogP) is 20.4. The second-order valence-corrected chi connectivity index (χ2v) is 21.1. The Morgan fingerprint density at radius 1 is 0.343 bits per heavy atom. The lowest BCUT2D eigenvalue weighted by Crippen LogP contribution is -2.45. The molecule has 2 unspecified atom stereocenters. The first-order valence-corrected chi connectivity index (χ1v) is 30.7. The molecule has 0 aromatic heterocycles. The highest BCUT2D eigenvalue weighted by atomic mass is 16.3. The van der Waals surface area contributed by atoms with Crippen LogP contribution in [0.5, 0.6) is 0 Å². The smallest absolute Gasteiger partial charge is 0.220 e. The van der Waals surface area contributed by atoms with Crippen molar-refractivity contribution in [1.82, 2.24) is 5.32 Å². The van der Waals surface area contributed by atoms with Gasteiger partial charge in [0.15, 0.2) is 0 Å². The molecule has 0 rings (SSSR count). The molecule has 0 spiro atoms. The Kier molecular flexibility index (Phi) is 57.7. The molecule has 0 saturated carbocycles. The monoisotopic (exact) mass is 940 g/mol. The first-order chi connectivity index (χ1) is 33.2. The highest BCUT2D eigenvalue weighted by Gasteiger charge is 2.18. The molecule has 0 aromatic rings. The van der Waals surface area contributed by atoms with Crippen molar-refractivity contribution in [3.63, 3.8) is 0 Å². The average Bonchev–Trinajstić information content (AvgIpc) is 3.33. The quantitative estimate of drug-likeness (QED) is 0.0420. The third kappa shape index (κ3) is 55.4. The molecular formula is C63H121NO3. The summed E-state index contributed by atoms with van der Waals surface area (Å²) in [5, 5.41) is 23.2.